The number of hydrogen-bond donors (Lipinski definition) is 2. The van der Waals surface area contributed by atoms with Crippen molar-refractivity contribution < 1.29 is 9.53 Å². The number of rotatable bonds is 5. The van der Waals surface area contributed by atoms with Crippen molar-refractivity contribution >= 4 is 23.7 Å². The smallest absolute Gasteiger partial charge is 0.410 e. The van der Waals surface area contributed by atoms with Gasteiger partial charge in [0.1, 0.15) is 10.8 Å². The molecule has 0 bridgehead atoms. The number of amides is 1. The zero-order chi connectivity index (χ0) is 20.6. The molecular weight excluding hydrogens is 378 g/mol. The maximum atomic E-state index is 12.3. The van der Waals surface area contributed by atoms with Crippen molar-refractivity contribution in [1.82, 2.24) is 20.5 Å². The van der Waals surface area contributed by atoms with Crippen molar-refractivity contribution in [3.8, 4) is 0 Å². The lowest BCUT2D eigenvalue weighted by Gasteiger charge is -2.34. The molecule has 1 unspecified atom stereocenters. The number of aromatic nitrogens is 1. The molecule has 1 fully saturated rings. The summed E-state index contributed by atoms with van der Waals surface area (Å²) in [6, 6.07) is 3.77. The largest absolute Gasteiger partial charge is 0.444 e. The highest BCUT2D eigenvalue weighted by Gasteiger charge is 2.27. The Morgan fingerprint density at radius 3 is 2.82 bits per heavy atom. The number of nitrogens with one attached hydrogen (secondary N) is 2. The minimum absolute atomic E-state index is 0.226. The van der Waals surface area contributed by atoms with Gasteiger partial charge in [-0.05, 0) is 57.6 Å². The number of piperidine rings is 1. The fraction of sp³-hybridized carbons (Fsp3) is 0.650. The third kappa shape index (κ3) is 7.92. The topological polar surface area (TPSA) is 78.9 Å². The molecule has 0 aliphatic carbocycles. The van der Waals surface area contributed by atoms with E-state index in [-0.39, 0.29) is 6.09 Å². The number of carbonyl (C=O) groups is 1. The van der Waals surface area contributed by atoms with Gasteiger partial charge in [0.25, 0.3) is 0 Å². The molecule has 0 spiro atoms. The van der Waals surface area contributed by atoms with Crippen molar-refractivity contribution in [2.75, 3.05) is 33.2 Å². The molecule has 28 heavy (non-hydrogen) atoms. The number of pyridine rings is 1. The van der Waals surface area contributed by atoms with Crippen LogP contribution in [0.1, 0.15) is 39.2 Å². The molecule has 2 rings (SSSR count). The Kier molecular flexibility index (Phi) is 8.35. The molecule has 2 N–H and O–H groups in total. The summed E-state index contributed by atoms with van der Waals surface area (Å²) in [5, 5.41) is 7.18. The van der Waals surface area contributed by atoms with Gasteiger partial charge in [0.15, 0.2) is 5.96 Å². The van der Waals surface area contributed by atoms with Crippen molar-refractivity contribution in [2.24, 2.45) is 10.9 Å². The number of carbonyl (C=O) groups excluding carboxylic acids is 1. The normalized spacial score (nSPS) is 18.0. The van der Waals surface area contributed by atoms with Crippen molar-refractivity contribution in [3.05, 3.63) is 29.0 Å². The Bertz CT molecular complexity index is 658. The van der Waals surface area contributed by atoms with E-state index in [1.54, 1.807) is 19.3 Å². The van der Waals surface area contributed by atoms with E-state index in [2.05, 4.69) is 20.6 Å². The second-order valence-electron chi connectivity index (χ2n) is 8.05. The highest BCUT2D eigenvalue weighted by atomic mass is 35.5. The van der Waals surface area contributed by atoms with Crippen LogP contribution in [0.2, 0.25) is 5.15 Å². The number of guanidine groups is 1. The first-order valence-corrected chi connectivity index (χ1v) is 10.2. The predicted octanol–water partition coefficient (Wildman–Crippen LogP) is 3.09. The Hall–Kier alpha value is -2.02. The summed E-state index contributed by atoms with van der Waals surface area (Å²) < 4.78 is 5.49. The average Bonchev–Trinajstić information content (AvgIpc) is 2.65. The molecule has 0 saturated carbocycles. The van der Waals surface area contributed by atoms with Crippen LogP contribution in [-0.2, 0) is 11.2 Å². The quantitative estimate of drug-likeness (QED) is 0.444. The lowest BCUT2D eigenvalue weighted by Crippen LogP contribution is -2.47. The second-order valence-corrected chi connectivity index (χ2v) is 8.44. The van der Waals surface area contributed by atoms with Gasteiger partial charge in [0.05, 0.1) is 0 Å². The van der Waals surface area contributed by atoms with E-state index in [1.165, 1.54) is 0 Å². The van der Waals surface area contributed by atoms with E-state index in [4.69, 9.17) is 16.3 Å². The molecule has 2 heterocycles. The van der Waals surface area contributed by atoms with Gasteiger partial charge in [0, 0.05) is 39.4 Å². The van der Waals surface area contributed by atoms with E-state index >= 15 is 0 Å². The third-order valence-electron chi connectivity index (χ3n) is 4.45. The Morgan fingerprint density at radius 2 is 2.18 bits per heavy atom. The standard InChI is InChI=1S/C20H32ClN5O2/c1-20(2,3)28-19(27)26-11-5-6-16(14-26)13-25-18(22-4)23-10-9-15-7-8-17(21)24-12-15/h7-8,12,16H,5-6,9-11,13-14H2,1-4H3,(H2,22,23,25). The van der Waals surface area contributed by atoms with Gasteiger partial charge < -0.3 is 20.3 Å². The molecule has 1 aliphatic heterocycles. The molecule has 1 aromatic heterocycles. The number of aliphatic imine (C=N–C) groups is 1. The van der Waals surface area contributed by atoms with E-state index in [0.717, 1.165) is 50.4 Å². The van der Waals surface area contributed by atoms with E-state index in [9.17, 15) is 4.79 Å². The minimum atomic E-state index is -0.464. The zero-order valence-electron chi connectivity index (χ0n) is 17.3. The molecular formula is C20H32ClN5O2. The molecule has 1 atom stereocenters. The van der Waals surface area contributed by atoms with E-state index < -0.39 is 5.60 Å². The van der Waals surface area contributed by atoms with Gasteiger partial charge in [-0.3, -0.25) is 4.99 Å². The van der Waals surface area contributed by atoms with Crippen LogP contribution in [0.4, 0.5) is 4.79 Å². The highest BCUT2D eigenvalue weighted by Crippen LogP contribution is 2.18. The Morgan fingerprint density at radius 1 is 1.39 bits per heavy atom. The monoisotopic (exact) mass is 409 g/mol. The summed E-state index contributed by atoms with van der Waals surface area (Å²) >= 11 is 5.81. The number of halogens is 1. The van der Waals surface area contributed by atoms with Crippen LogP contribution < -0.4 is 10.6 Å². The summed E-state index contributed by atoms with van der Waals surface area (Å²) in [5.41, 5.74) is 0.654. The lowest BCUT2D eigenvalue weighted by atomic mass is 9.98. The molecule has 1 aromatic rings. The van der Waals surface area contributed by atoms with Crippen molar-refractivity contribution in [2.45, 2.75) is 45.6 Å². The molecule has 8 heteroatoms. The molecule has 1 saturated heterocycles. The molecule has 7 nitrogen and oxygen atoms in total. The first-order chi connectivity index (χ1) is 13.3. The Balaban J connectivity index is 1.73. The lowest BCUT2D eigenvalue weighted by molar-refractivity contribution is 0.0168. The van der Waals surface area contributed by atoms with Gasteiger partial charge in [-0.15, -0.1) is 0 Å². The molecule has 0 aromatic carbocycles. The van der Waals surface area contributed by atoms with E-state index in [0.29, 0.717) is 17.6 Å². The maximum Gasteiger partial charge on any atom is 0.410 e. The molecule has 0 radical (unpaired) electrons. The summed E-state index contributed by atoms with van der Waals surface area (Å²) in [6.07, 6.45) is 4.46. The third-order valence-corrected chi connectivity index (χ3v) is 4.67. The first kappa shape index (κ1) is 22.3. The maximum absolute atomic E-state index is 12.3. The fourth-order valence-corrected chi connectivity index (χ4v) is 3.18. The summed E-state index contributed by atoms with van der Waals surface area (Å²) in [6.45, 7) is 8.65. The van der Waals surface area contributed by atoms with Crippen LogP contribution in [-0.4, -0.2) is 60.8 Å². The second kappa shape index (κ2) is 10.5. The van der Waals surface area contributed by atoms with Gasteiger partial charge in [-0.1, -0.05) is 17.7 Å². The Labute approximate surface area is 172 Å². The number of nitrogens with zero attached hydrogens (tertiary/aromatic N) is 3. The van der Waals surface area contributed by atoms with Gasteiger partial charge in [0.2, 0.25) is 0 Å². The van der Waals surface area contributed by atoms with Crippen molar-refractivity contribution in [1.29, 1.82) is 0 Å². The summed E-state index contributed by atoms with van der Waals surface area (Å²) in [5.74, 6) is 1.14. The van der Waals surface area contributed by atoms with Crippen LogP contribution in [0, 0.1) is 5.92 Å². The van der Waals surface area contributed by atoms with Gasteiger partial charge in [-0.25, -0.2) is 9.78 Å². The summed E-state index contributed by atoms with van der Waals surface area (Å²) in [7, 11) is 1.76. The molecule has 1 amide bonds. The van der Waals surface area contributed by atoms with Gasteiger partial charge in [-0.2, -0.15) is 0 Å². The van der Waals surface area contributed by atoms with Crippen LogP contribution in [0.15, 0.2) is 23.3 Å². The number of ether oxygens (including phenoxy) is 1. The SMILES string of the molecule is CN=C(NCCc1ccc(Cl)nc1)NCC1CCCN(C(=O)OC(C)(C)C)C1. The predicted molar refractivity (Wildman–Crippen MR) is 113 cm³/mol. The van der Waals surface area contributed by atoms with Crippen LogP contribution in [0.3, 0.4) is 0 Å². The van der Waals surface area contributed by atoms with Gasteiger partial charge >= 0.3 is 6.09 Å². The summed E-state index contributed by atoms with van der Waals surface area (Å²) in [4.78, 5) is 22.5. The number of hydrogen-bond acceptors (Lipinski definition) is 4. The zero-order valence-corrected chi connectivity index (χ0v) is 18.1. The molecule has 156 valence electrons. The van der Waals surface area contributed by atoms with E-state index in [1.807, 2.05) is 31.7 Å². The number of likely N-dealkylation sites (tertiary alicyclic amines) is 1. The first-order valence-electron chi connectivity index (χ1n) is 9.79. The van der Waals surface area contributed by atoms with Crippen LogP contribution in [0.5, 0.6) is 0 Å². The van der Waals surface area contributed by atoms with Crippen LogP contribution in [0.25, 0.3) is 0 Å². The fourth-order valence-electron chi connectivity index (χ4n) is 3.07. The molecule has 1 aliphatic rings. The highest BCUT2D eigenvalue weighted by molar-refractivity contribution is 6.29. The van der Waals surface area contributed by atoms with Crippen molar-refractivity contribution in [3.63, 3.8) is 0 Å². The van der Waals surface area contributed by atoms with Crippen LogP contribution >= 0.6 is 11.6 Å². The minimum Gasteiger partial charge on any atom is -0.444 e. The average molecular weight is 410 g/mol.